The number of likely N-dealkylation sites (tertiary alicyclic amines) is 1. The summed E-state index contributed by atoms with van der Waals surface area (Å²) in [6.07, 6.45) is 4.61. The molecule has 1 saturated heterocycles. The Kier molecular flexibility index (Phi) is 3.14. The van der Waals surface area contributed by atoms with Crippen LogP contribution in [0, 0.1) is 0 Å². The Hall–Kier alpha value is -0.770. The zero-order valence-corrected chi connectivity index (χ0v) is 9.48. The molecule has 0 aromatic heterocycles. The van der Waals surface area contributed by atoms with Crippen LogP contribution in [-0.2, 0) is 0 Å². The van der Waals surface area contributed by atoms with Crippen LogP contribution < -0.4 is 5.73 Å². The first kappa shape index (κ1) is 10.7. The number of carbonyl (C=O) groups excluding carboxylic acids is 1. The highest BCUT2D eigenvalue weighted by molar-refractivity contribution is 5.75. The van der Waals surface area contributed by atoms with E-state index in [4.69, 9.17) is 5.73 Å². The first-order valence-electron chi connectivity index (χ1n) is 6.01. The van der Waals surface area contributed by atoms with Crippen molar-refractivity contribution >= 4 is 6.03 Å². The van der Waals surface area contributed by atoms with Crippen molar-refractivity contribution in [3.63, 3.8) is 0 Å². The van der Waals surface area contributed by atoms with E-state index in [1.165, 1.54) is 0 Å². The average molecular weight is 211 g/mol. The molecule has 2 fully saturated rings. The monoisotopic (exact) mass is 211 g/mol. The number of amides is 2. The molecule has 2 rings (SSSR count). The first-order valence-corrected chi connectivity index (χ1v) is 6.01. The molecule has 1 atom stereocenters. The van der Waals surface area contributed by atoms with Crippen LogP contribution in [-0.4, -0.2) is 47.5 Å². The van der Waals surface area contributed by atoms with E-state index in [2.05, 4.69) is 6.92 Å². The van der Waals surface area contributed by atoms with Crippen molar-refractivity contribution in [2.45, 2.75) is 44.7 Å². The van der Waals surface area contributed by atoms with Gasteiger partial charge in [-0.15, -0.1) is 0 Å². The number of nitrogens with two attached hydrogens (primary N) is 1. The Bertz CT molecular complexity index is 240. The van der Waals surface area contributed by atoms with Gasteiger partial charge in [-0.3, -0.25) is 0 Å². The summed E-state index contributed by atoms with van der Waals surface area (Å²) in [7, 11) is 0. The molecule has 2 N–H and O–H groups in total. The molecule has 0 aromatic rings. The Morgan fingerprint density at radius 1 is 1.47 bits per heavy atom. The van der Waals surface area contributed by atoms with Crippen molar-refractivity contribution < 1.29 is 4.79 Å². The fourth-order valence-electron chi connectivity index (χ4n) is 2.34. The molecule has 0 aromatic carbocycles. The molecule has 4 heteroatoms. The average Bonchev–Trinajstić information content (AvgIpc) is 2.97. The third-order valence-corrected chi connectivity index (χ3v) is 3.40. The van der Waals surface area contributed by atoms with E-state index >= 15 is 0 Å². The summed E-state index contributed by atoms with van der Waals surface area (Å²) < 4.78 is 0. The van der Waals surface area contributed by atoms with Gasteiger partial charge < -0.3 is 15.5 Å². The minimum Gasteiger partial charge on any atom is -0.329 e. The zero-order valence-electron chi connectivity index (χ0n) is 9.48. The molecule has 1 aliphatic heterocycles. The van der Waals surface area contributed by atoms with E-state index in [0.717, 1.165) is 32.2 Å². The van der Waals surface area contributed by atoms with E-state index in [-0.39, 0.29) is 6.03 Å². The van der Waals surface area contributed by atoms with Crippen LogP contribution in [0.15, 0.2) is 0 Å². The van der Waals surface area contributed by atoms with Gasteiger partial charge in [0.2, 0.25) is 0 Å². The van der Waals surface area contributed by atoms with Crippen LogP contribution in [0.3, 0.4) is 0 Å². The lowest BCUT2D eigenvalue weighted by Gasteiger charge is -2.30. The highest BCUT2D eigenvalue weighted by atomic mass is 16.2. The predicted octanol–water partition coefficient (Wildman–Crippen LogP) is 1.01. The Labute approximate surface area is 91.4 Å². The maximum Gasteiger partial charge on any atom is 0.320 e. The zero-order chi connectivity index (χ0) is 10.8. The molecule has 0 spiro atoms. The second kappa shape index (κ2) is 4.39. The Balaban J connectivity index is 1.96. The van der Waals surface area contributed by atoms with Crippen LogP contribution in [0.4, 0.5) is 4.79 Å². The first-order chi connectivity index (χ1) is 7.24. The Morgan fingerprint density at radius 2 is 2.20 bits per heavy atom. The normalized spacial score (nSPS) is 25.7. The van der Waals surface area contributed by atoms with Crippen LogP contribution in [0.2, 0.25) is 0 Å². The van der Waals surface area contributed by atoms with Crippen molar-refractivity contribution in [2.24, 2.45) is 5.73 Å². The molecule has 2 amide bonds. The van der Waals surface area contributed by atoms with Gasteiger partial charge in [0.25, 0.3) is 0 Å². The van der Waals surface area contributed by atoms with Crippen molar-refractivity contribution in [2.75, 3.05) is 19.6 Å². The fourth-order valence-corrected chi connectivity index (χ4v) is 2.34. The summed E-state index contributed by atoms with van der Waals surface area (Å²) >= 11 is 0. The van der Waals surface area contributed by atoms with Gasteiger partial charge in [0.15, 0.2) is 0 Å². The molecular weight excluding hydrogens is 190 g/mol. The molecule has 1 aliphatic carbocycles. The quantitative estimate of drug-likeness (QED) is 0.757. The van der Waals surface area contributed by atoms with Gasteiger partial charge in [0, 0.05) is 31.7 Å². The van der Waals surface area contributed by atoms with Crippen molar-refractivity contribution in [3.8, 4) is 0 Å². The maximum absolute atomic E-state index is 12.2. The summed E-state index contributed by atoms with van der Waals surface area (Å²) in [5, 5.41) is 0. The summed E-state index contributed by atoms with van der Waals surface area (Å²) in [5.74, 6) is 0. The molecule has 1 heterocycles. The fraction of sp³-hybridized carbons (Fsp3) is 0.909. The number of urea groups is 1. The third-order valence-electron chi connectivity index (χ3n) is 3.40. The van der Waals surface area contributed by atoms with Crippen LogP contribution in [0.1, 0.15) is 32.6 Å². The van der Waals surface area contributed by atoms with Gasteiger partial charge in [0.1, 0.15) is 0 Å². The highest BCUT2D eigenvalue weighted by Gasteiger charge is 2.36. The number of rotatable bonds is 3. The van der Waals surface area contributed by atoms with E-state index in [1.807, 2.05) is 9.80 Å². The SMILES string of the molecule is CC1CCCN1C(=O)N(CCN)C1CC1. The molecular formula is C11H21N3O. The summed E-state index contributed by atoms with van der Waals surface area (Å²) in [4.78, 5) is 16.2. The van der Waals surface area contributed by atoms with Crippen LogP contribution in [0.25, 0.3) is 0 Å². The number of nitrogens with zero attached hydrogens (tertiary/aromatic N) is 2. The van der Waals surface area contributed by atoms with Crippen LogP contribution >= 0.6 is 0 Å². The van der Waals surface area contributed by atoms with Gasteiger partial charge in [-0.25, -0.2) is 4.79 Å². The van der Waals surface area contributed by atoms with Gasteiger partial charge >= 0.3 is 6.03 Å². The molecule has 15 heavy (non-hydrogen) atoms. The van der Waals surface area contributed by atoms with Gasteiger partial charge in [-0.2, -0.15) is 0 Å². The summed E-state index contributed by atoms with van der Waals surface area (Å²) in [6.45, 7) is 4.35. The standard InChI is InChI=1S/C11H21N3O/c1-9-3-2-7-13(9)11(15)14(8-6-12)10-4-5-10/h9-10H,2-8,12H2,1H3. The number of hydrogen-bond acceptors (Lipinski definition) is 2. The van der Waals surface area contributed by atoms with Crippen LogP contribution in [0.5, 0.6) is 0 Å². The number of carbonyl (C=O) groups is 1. The largest absolute Gasteiger partial charge is 0.329 e. The predicted molar refractivity (Wildman–Crippen MR) is 59.6 cm³/mol. The lowest BCUT2D eigenvalue weighted by molar-refractivity contribution is 0.149. The van der Waals surface area contributed by atoms with E-state index < -0.39 is 0 Å². The molecule has 86 valence electrons. The lowest BCUT2D eigenvalue weighted by Crippen LogP contribution is -2.47. The number of hydrogen-bond donors (Lipinski definition) is 1. The molecule has 0 bridgehead atoms. The van der Waals surface area contributed by atoms with Crippen molar-refractivity contribution in [3.05, 3.63) is 0 Å². The van der Waals surface area contributed by atoms with Gasteiger partial charge in [0.05, 0.1) is 0 Å². The van der Waals surface area contributed by atoms with E-state index in [0.29, 0.717) is 25.2 Å². The minimum absolute atomic E-state index is 0.216. The van der Waals surface area contributed by atoms with Crippen molar-refractivity contribution in [1.82, 2.24) is 9.80 Å². The van der Waals surface area contributed by atoms with Gasteiger partial charge in [-0.1, -0.05) is 0 Å². The van der Waals surface area contributed by atoms with Crippen molar-refractivity contribution in [1.29, 1.82) is 0 Å². The molecule has 4 nitrogen and oxygen atoms in total. The highest BCUT2D eigenvalue weighted by Crippen LogP contribution is 2.29. The second-order valence-corrected chi connectivity index (χ2v) is 4.68. The topological polar surface area (TPSA) is 49.6 Å². The van der Waals surface area contributed by atoms with E-state index in [1.54, 1.807) is 0 Å². The minimum atomic E-state index is 0.216. The molecule has 1 unspecified atom stereocenters. The second-order valence-electron chi connectivity index (χ2n) is 4.68. The summed E-state index contributed by atoms with van der Waals surface area (Å²) in [6, 6.07) is 1.11. The molecule has 2 aliphatic rings. The van der Waals surface area contributed by atoms with E-state index in [9.17, 15) is 4.79 Å². The Morgan fingerprint density at radius 3 is 2.67 bits per heavy atom. The third kappa shape index (κ3) is 2.25. The smallest absolute Gasteiger partial charge is 0.320 e. The maximum atomic E-state index is 12.2. The molecule has 1 saturated carbocycles. The molecule has 0 radical (unpaired) electrons. The summed E-state index contributed by atoms with van der Waals surface area (Å²) in [5.41, 5.74) is 5.55. The van der Waals surface area contributed by atoms with Gasteiger partial charge in [-0.05, 0) is 32.6 Å². The lowest BCUT2D eigenvalue weighted by atomic mass is 10.2.